The lowest BCUT2D eigenvalue weighted by molar-refractivity contribution is -0.123. The van der Waals surface area contributed by atoms with Gasteiger partial charge in [0, 0.05) is 18.0 Å². The lowest BCUT2D eigenvalue weighted by Crippen LogP contribution is -2.37. The summed E-state index contributed by atoms with van der Waals surface area (Å²) in [6, 6.07) is 4.12. The molecule has 0 aromatic heterocycles. The molecular weight excluding hydrogens is 283 g/mol. The Morgan fingerprint density at radius 1 is 1.45 bits per heavy atom. The van der Waals surface area contributed by atoms with E-state index >= 15 is 0 Å². The molecule has 2 rings (SSSR count). The lowest BCUT2D eigenvalue weighted by Gasteiger charge is -2.28. The van der Waals surface area contributed by atoms with Crippen LogP contribution in [0.25, 0.3) is 0 Å². The van der Waals surface area contributed by atoms with Crippen LogP contribution >= 0.6 is 0 Å². The van der Waals surface area contributed by atoms with Gasteiger partial charge in [0.25, 0.3) is 0 Å². The van der Waals surface area contributed by atoms with Crippen LogP contribution in [0.1, 0.15) is 50.6 Å². The minimum atomic E-state index is -0.341. The largest absolute Gasteiger partial charge is 0.496 e. The smallest absolute Gasteiger partial charge is 0.220 e. The van der Waals surface area contributed by atoms with E-state index < -0.39 is 0 Å². The van der Waals surface area contributed by atoms with E-state index in [0.29, 0.717) is 17.7 Å². The van der Waals surface area contributed by atoms with Crippen molar-refractivity contribution in [2.24, 2.45) is 11.7 Å². The zero-order valence-electron chi connectivity index (χ0n) is 13.3. The monoisotopic (exact) mass is 308 g/mol. The number of methoxy groups -OCH3 is 1. The number of nitrogens with one attached hydrogen (secondary N) is 1. The lowest BCUT2D eigenvalue weighted by atomic mass is 9.83. The molecule has 0 radical (unpaired) electrons. The summed E-state index contributed by atoms with van der Waals surface area (Å²) in [7, 11) is 1.53. The van der Waals surface area contributed by atoms with Crippen LogP contribution in [0.4, 0.5) is 4.39 Å². The second-order valence-electron chi connectivity index (χ2n) is 6.09. The van der Waals surface area contributed by atoms with Gasteiger partial charge in [-0.3, -0.25) is 4.79 Å². The van der Waals surface area contributed by atoms with E-state index in [-0.39, 0.29) is 29.7 Å². The van der Waals surface area contributed by atoms with Gasteiger partial charge in [0.2, 0.25) is 5.91 Å². The fourth-order valence-corrected chi connectivity index (χ4v) is 3.15. The van der Waals surface area contributed by atoms with Crippen molar-refractivity contribution < 1.29 is 13.9 Å². The summed E-state index contributed by atoms with van der Waals surface area (Å²) in [5, 5.41) is 2.92. The highest BCUT2D eigenvalue weighted by molar-refractivity contribution is 5.76. The average molecular weight is 308 g/mol. The van der Waals surface area contributed by atoms with Gasteiger partial charge < -0.3 is 15.8 Å². The molecule has 3 unspecified atom stereocenters. The summed E-state index contributed by atoms with van der Waals surface area (Å²) in [6.07, 6.45) is 4.72. The van der Waals surface area contributed by atoms with Gasteiger partial charge in [0.05, 0.1) is 13.2 Å². The van der Waals surface area contributed by atoms with E-state index in [9.17, 15) is 9.18 Å². The topological polar surface area (TPSA) is 64.3 Å². The number of rotatable bonds is 5. The molecule has 5 heteroatoms. The molecule has 1 aliphatic rings. The van der Waals surface area contributed by atoms with Crippen LogP contribution in [-0.2, 0) is 4.79 Å². The van der Waals surface area contributed by atoms with Crippen LogP contribution < -0.4 is 15.8 Å². The standard InChI is InChI=1S/C17H25FN2O2/c1-11(14-10-13(18)7-8-16(14)22-2)20-17(21)9-12-5-3-4-6-15(12)19/h7-8,10-12,15H,3-6,9,19H2,1-2H3,(H,20,21). The van der Waals surface area contributed by atoms with E-state index in [4.69, 9.17) is 10.5 Å². The van der Waals surface area contributed by atoms with Gasteiger partial charge in [0.15, 0.2) is 0 Å². The first-order chi connectivity index (χ1) is 10.5. The van der Waals surface area contributed by atoms with Gasteiger partial charge in [-0.25, -0.2) is 4.39 Å². The van der Waals surface area contributed by atoms with E-state index in [1.807, 2.05) is 6.92 Å². The molecule has 3 N–H and O–H groups in total. The Kier molecular flexibility index (Phi) is 5.77. The molecule has 0 spiro atoms. The van der Waals surface area contributed by atoms with E-state index in [1.54, 1.807) is 6.07 Å². The van der Waals surface area contributed by atoms with Crippen LogP contribution in [0.5, 0.6) is 5.75 Å². The number of carbonyl (C=O) groups is 1. The number of hydrogen-bond donors (Lipinski definition) is 2. The Hall–Kier alpha value is -1.62. The fraction of sp³-hybridized carbons (Fsp3) is 0.588. The molecule has 0 aliphatic heterocycles. The van der Waals surface area contributed by atoms with Gasteiger partial charge in [-0.05, 0) is 43.9 Å². The normalized spacial score (nSPS) is 22.9. The molecule has 4 nitrogen and oxygen atoms in total. The highest BCUT2D eigenvalue weighted by atomic mass is 19.1. The average Bonchev–Trinajstić information content (AvgIpc) is 2.49. The van der Waals surface area contributed by atoms with Crippen molar-refractivity contribution in [3.8, 4) is 5.75 Å². The third-order valence-electron chi connectivity index (χ3n) is 4.45. The Morgan fingerprint density at radius 2 is 2.18 bits per heavy atom. The zero-order chi connectivity index (χ0) is 16.1. The Labute approximate surface area is 131 Å². The van der Waals surface area contributed by atoms with Crippen molar-refractivity contribution in [1.29, 1.82) is 0 Å². The SMILES string of the molecule is COc1ccc(F)cc1C(C)NC(=O)CC1CCCCC1N. The van der Waals surface area contributed by atoms with Crippen LogP contribution in [0.2, 0.25) is 0 Å². The maximum Gasteiger partial charge on any atom is 0.220 e. The maximum absolute atomic E-state index is 13.4. The minimum absolute atomic E-state index is 0.0406. The molecular formula is C17H25FN2O2. The van der Waals surface area contributed by atoms with Gasteiger partial charge >= 0.3 is 0 Å². The van der Waals surface area contributed by atoms with Crippen LogP contribution in [0, 0.1) is 11.7 Å². The first-order valence-corrected chi connectivity index (χ1v) is 7.89. The first-order valence-electron chi connectivity index (χ1n) is 7.89. The van der Waals surface area contributed by atoms with E-state index in [1.165, 1.54) is 19.2 Å². The Balaban J connectivity index is 1.97. The highest BCUT2D eigenvalue weighted by Gasteiger charge is 2.25. The minimum Gasteiger partial charge on any atom is -0.496 e. The van der Waals surface area contributed by atoms with Crippen LogP contribution in [0.3, 0.4) is 0 Å². The maximum atomic E-state index is 13.4. The summed E-state index contributed by atoms with van der Waals surface area (Å²) >= 11 is 0. The van der Waals surface area contributed by atoms with Crippen molar-refractivity contribution in [2.75, 3.05) is 7.11 Å². The molecule has 0 saturated heterocycles. The number of ether oxygens (including phenoxy) is 1. The quantitative estimate of drug-likeness (QED) is 0.879. The second kappa shape index (κ2) is 7.58. The molecule has 1 aromatic rings. The number of carbonyl (C=O) groups excluding carboxylic acids is 1. The summed E-state index contributed by atoms with van der Waals surface area (Å²) in [6.45, 7) is 1.83. The zero-order valence-corrected chi connectivity index (χ0v) is 13.3. The third-order valence-corrected chi connectivity index (χ3v) is 4.45. The van der Waals surface area contributed by atoms with Crippen molar-refractivity contribution >= 4 is 5.91 Å². The molecule has 3 atom stereocenters. The van der Waals surface area contributed by atoms with Crippen molar-refractivity contribution in [1.82, 2.24) is 5.32 Å². The predicted molar refractivity (Wildman–Crippen MR) is 84.1 cm³/mol. The Bertz CT molecular complexity index is 521. The summed E-state index contributed by atoms with van der Waals surface area (Å²) in [5.41, 5.74) is 6.73. The first kappa shape index (κ1) is 16.7. The highest BCUT2D eigenvalue weighted by Crippen LogP contribution is 2.28. The van der Waals surface area contributed by atoms with Crippen LogP contribution in [-0.4, -0.2) is 19.1 Å². The van der Waals surface area contributed by atoms with Crippen LogP contribution in [0.15, 0.2) is 18.2 Å². The van der Waals surface area contributed by atoms with Gasteiger partial charge in [-0.2, -0.15) is 0 Å². The predicted octanol–water partition coefficient (Wildman–Crippen LogP) is 2.92. The number of amides is 1. The molecule has 22 heavy (non-hydrogen) atoms. The number of nitrogens with two attached hydrogens (primary N) is 1. The molecule has 1 saturated carbocycles. The number of benzene rings is 1. The molecule has 1 fully saturated rings. The fourth-order valence-electron chi connectivity index (χ4n) is 3.15. The molecule has 0 heterocycles. The summed E-state index contributed by atoms with van der Waals surface area (Å²) < 4.78 is 18.7. The van der Waals surface area contributed by atoms with Crippen molar-refractivity contribution in [3.05, 3.63) is 29.6 Å². The number of halogens is 1. The van der Waals surface area contributed by atoms with E-state index in [2.05, 4.69) is 5.32 Å². The second-order valence-corrected chi connectivity index (χ2v) is 6.09. The third kappa shape index (κ3) is 4.19. The van der Waals surface area contributed by atoms with Gasteiger partial charge in [-0.1, -0.05) is 12.8 Å². The molecule has 0 bridgehead atoms. The molecule has 1 amide bonds. The van der Waals surface area contributed by atoms with Gasteiger partial charge in [0.1, 0.15) is 11.6 Å². The molecule has 1 aromatic carbocycles. The molecule has 1 aliphatic carbocycles. The van der Waals surface area contributed by atoms with Crippen molar-refractivity contribution in [3.63, 3.8) is 0 Å². The Morgan fingerprint density at radius 3 is 2.86 bits per heavy atom. The summed E-state index contributed by atoms with van der Waals surface area (Å²) in [4.78, 5) is 12.2. The van der Waals surface area contributed by atoms with Gasteiger partial charge in [-0.15, -0.1) is 0 Å². The number of hydrogen-bond acceptors (Lipinski definition) is 3. The molecule has 122 valence electrons. The van der Waals surface area contributed by atoms with Crippen molar-refractivity contribution in [2.45, 2.75) is 51.1 Å². The van der Waals surface area contributed by atoms with E-state index in [0.717, 1.165) is 25.7 Å². The summed E-state index contributed by atoms with van der Waals surface area (Å²) in [5.74, 6) is 0.436.